The first kappa shape index (κ1) is 14.9. The Morgan fingerprint density at radius 2 is 1.82 bits per heavy atom. The summed E-state index contributed by atoms with van der Waals surface area (Å²) in [6.45, 7) is 6.90. The van der Waals surface area contributed by atoms with E-state index in [0.717, 1.165) is 16.8 Å². The topological polar surface area (TPSA) is 9.23 Å². The number of ether oxygens (including phenoxy) is 1. The van der Waals surface area contributed by atoms with Crippen LogP contribution in [0.1, 0.15) is 20.8 Å². The lowest BCUT2D eigenvalue weighted by atomic mass is 9.83. The fourth-order valence-electron chi connectivity index (χ4n) is 1.39. The van der Waals surface area contributed by atoms with E-state index in [4.69, 9.17) is 4.74 Å². The summed E-state index contributed by atoms with van der Waals surface area (Å²) in [6, 6.07) is 8.28. The fraction of sp³-hybridized carbons (Fsp3) is 0.571. The van der Waals surface area contributed by atoms with Crippen LogP contribution in [0.5, 0.6) is 5.75 Å². The first-order valence-corrected chi connectivity index (χ1v) is 7.91. The summed E-state index contributed by atoms with van der Waals surface area (Å²) in [6.07, 6.45) is 0. The van der Waals surface area contributed by atoms with Crippen molar-refractivity contribution in [1.82, 2.24) is 0 Å². The van der Waals surface area contributed by atoms with Gasteiger partial charge in [-0.1, -0.05) is 36.7 Å². The van der Waals surface area contributed by atoms with Gasteiger partial charge in [-0.15, -0.1) is 11.8 Å². The van der Waals surface area contributed by atoms with Gasteiger partial charge in [0.15, 0.2) is 0 Å². The zero-order valence-electron chi connectivity index (χ0n) is 11.0. The molecular formula is C14H21BrOS. The molecule has 0 aliphatic heterocycles. The van der Waals surface area contributed by atoms with Gasteiger partial charge in [-0.2, -0.15) is 0 Å². The molecule has 1 rings (SSSR count). The number of rotatable bonds is 5. The van der Waals surface area contributed by atoms with Crippen molar-refractivity contribution >= 4 is 27.7 Å². The van der Waals surface area contributed by atoms with Gasteiger partial charge in [0.2, 0.25) is 0 Å². The first-order chi connectivity index (χ1) is 7.97. The van der Waals surface area contributed by atoms with Crippen molar-refractivity contribution in [2.24, 2.45) is 11.3 Å². The van der Waals surface area contributed by atoms with E-state index in [1.165, 1.54) is 4.90 Å². The van der Waals surface area contributed by atoms with Gasteiger partial charge in [0, 0.05) is 16.0 Å². The minimum Gasteiger partial charge on any atom is -0.497 e. The van der Waals surface area contributed by atoms with Gasteiger partial charge in [-0.25, -0.2) is 0 Å². The van der Waals surface area contributed by atoms with Gasteiger partial charge in [0.25, 0.3) is 0 Å². The summed E-state index contributed by atoms with van der Waals surface area (Å²) in [5.74, 6) is 2.73. The van der Waals surface area contributed by atoms with Crippen molar-refractivity contribution in [3.63, 3.8) is 0 Å². The van der Waals surface area contributed by atoms with Crippen molar-refractivity contribution in [2.45, 2.75) is 25.7 Å². The Balaban J connectivity index is 2.54. The van der Waals surface area contributed by atoms with Gasteiger partial charge in [-0.05, 0) is 35.6 Å². The third-order valence-electron chi connectivity index (χ3n) is 2.92. The first-order valence-electron chi connectivity index (χ1n) is 5.80. The van der Waals surface area contributed by atoms with Gasteiger partial charge in [-0.3, -0.25) is 0 Å². The molecule has 0 heterocycles. The van der Waals surface area contributed by atoms with Crippen molar-refractivity contribution in [3.05, 3.63) is 24.3 Å². The number of halogens is 1. The molecule has 0 spiro atoms. The molecule has 0 amide bonds. The summed E-state index contributed by atoms with van der Waals surface area (Å²) in [7, 11) is 1.70. The smallest absolute Gasteiger partial charge is 0.118 e. The molecule has 3 heteroatoms. The molecule has 0 aliphatic rings. The molecule has 0 saturated heterocycles. The Morgan fingerprint density at radius 1 is 1.24 bits per heavy atom. The van der Waals surface area contributed by atoms with E-state index in [-0.39, 0.29) is 0 Å². The average Bonchev–Trinajstić information content (AvgIpc) is 2.29. The van der Waals surface area contributed by atoms with E-state index in [2.05, 4.69) is 48.8 Å². The van der Waals surface area contributed by atoms with Gasteiger partial charge in [0.05, 0.1) is 7.11 Å². The molecule has 1 unspecified atom stereocenters. The summed E-state index contributed by atoms with van der Waals surface area (Å²) in [5, 5.41) is 1.06. The lowest BCUT2D eigenvalue weighted by molar-refractivity contribution is 0.295. The normalized spacial score (nSPS) is 13.5. The Hall–Kier alpha value is -0.150. The largest absolute Gasteiger partial charge is 0.497 e. The number of methoxy groups -OCH3 is 1. The van der Waals surface area contributed by atoms with Crippen molar-refractivity contribution in [2.75, 3.05) is 18.2 Å². The number of hydrogen-bond acceptors (Lipinski definition) is 2. The third kappa shape index (κ3) is 4.92. The highest BCUT2D eigenvalue weighted by atomic mass is 79.9. The minimum atomic E-state index is 0.350. The number of thioether (sulfide) groups is 1. The van der Waals surface area contributed by atoms with Crippen molar-refractivity contribution < 1.29 is 4.74 Å². The van der Waals surface area contributed by atoms with E-state index in [9.17, 15) is 0 Å². The van der Waals surface area contributed by atoms with Gasteiger partial charge in [0.1, 0.15) is 5.75 Å². The second-order valence-electron chi connectivity index (χ2n) is 5.20. The summed E-state index contributed by atoms with van der Waals surface area (Å²) < 4.78 is 5.15. The predicted molar refractivity (Wildman–Crippen MR) is 80.5 cm³/mol. The Kier molecular flexibility index (Phi) is 5.87. The summed E-state index contributed by atoms with van der Waals surface area (Å²) in [4.78, 5) is 1.31. The predicted octanol–water partition coefficient (Wildman–Crippen LogP) is 4.84. The molecule has 0 N–H and O–H groups in total. The van der Waals surface area contributed by atoms with E-state index in [1.807, 2.05) is 23.9 Å². The van der Waals surface area contributed by atoms with Crippen LogP contribution in [0.2, 0.25) is 0 Å². The average molecular weight is 317 g/mol. The molecule has 1 aromatic rings. The molecule has 0 fully saturated rings. The second kappa shape index (κ2) is 6.69. The van der Waals surface area contributed by atoms with E-state index in [0.29, 0.717) is 11.3 Å². The van der Waals surface area contributed by atoms with Gasteiger partial charge >= 0.3 is 0 Å². The Bertz CT molecular complexity index is 329. The highest BCUT2D eigenvalue weighted by Crippen LogP contribution is 2.33. The molecule has 0 aliphatic carbocycles. The van der Waals surface area contributed by atoms with E-state index < -0.39 is 0 Å². The maximum absolute atomic E-state index is 5.15. The quantitative estimate of drug-likeness (QED) is 0.567. The Morgan fingerprint density at radius 3 is 2.24 bits per heavy atom. The Labute approximate surface area is 117 Å². The molecule has 1 atom stereocenters. The molecule has 17 heavy (non-hydrogen) atoms. The lowest BCUT2D eigenvalue weighted by Gasteiger charge is -2.28. The third-order valence-corrected chi connectivity index (χ3v) is 4.88. The summed E-state index contributed by atoms with van der Waals surface area (Å²) >= 11 is 5.53. The SMILES string of the molecule is COc1ccc(SCC(CBr)C(C)(C)C)cc1. The number of alkyl halides is 1. The highest BCUT2D eigenvalue weighted by Gasteiger charge is 2.23. The number of hydrogen-bond donors (Lipinski definition) is 0. The molecule has 0 bridgehead atoms. The molecule has 96 valence electrons. The second-order valence-corrected chi connectivity index (χ2v) is 6.94. The zero-order valence-corrected chi connectivity index (χ0v) is 13.4. The molecule has 0 aromatic heterocycles. The van der Waals surface area contributed by atoms with Crippen LogP contribution in [-0.2, 0) is 0 Å². The maximum Gasteiger partial charge on any atom is 0.118 e. The van der Waals surface area contributed by atoms with Crippen LogP contribution in [0.3, 0.4) is 0 Å². The van der Waals surface area contributed by atoms with Crippen LogP contribution in [0.25, 0.3) is 0 Å². The monoisotopic (exact) mass is 316 g/mol. The lowest BCUT2D eigenvalue weighted by Crippen LogP contribution is -2.23. The van der Waals surface area contributed by atoms with Crippen LogP contribution in [0.4, 0.5) is 0 Å². The van der Waals surface area contributed by atoms with Gasteiger partial charge < -0.3 is 4.74 Å². The van der Waals surface area contributed by atoms with E-state index >= 15 is 0 Å². The number of benzene rings is 1. The molecule has 0 radical (unpaired) electrons. The summed E-state index contributed by atoms with van der Waals surface area (Å²) in [5.41, 5.74) is 0.350. The highest BCUT2D eigenvalue weighted by molar-refractivity contribution is 9.09. The standard InChI is InChI=1S/C14H21BrOS/c1-14(2,3)11(9-15)10-17-13-7-5-12(16-4)6-8-13/h5-8,11H,9-10H2,1-4H3. The molecule has 1 aromatic carbocycles. The van der Waals surface area contributed by atoms with E-state index in [1.54, 1.807) is 7.11 Å². The van der Waals surface area contributed by atoms with Crippen molar-refractivity contribution in [3.8, 4) is 5.75 Å². The molecule has 1 nitrogen and oxygen atoms in total. The minimum absolute atomic E-state index is 0.350. The van der Waals surface area contributed by atoms with Crippen LogP contribution in [0.15, 0.2) is 29.2 Å². The zero-order chi connectivity index (χ0) is 12.9. The maximum atomic E-state index is 5.15. The fourth-order valence-corrected chi connectivity index (χ4v) is 4.24. The van der Waals surface area contributed by atoms with Crippen LogP contribution < -0.4 is 4.74 Å². The molecule has 0 saturated carbocycles. The molecular weight excluding hydrogens is 296 g/mol. The van der Waals surface area contributed by atoms with Crippen molar-refractivity contribution in [1.29, 1.82) is 0 Å². The van der Waals surface area contributed by atoms with Crippen LogP contribution >= 0.6 is 27.7 Å². The van der Waals surface area contributed by atoms with Crippen LogP contribution in [-0.4, -0.2) is 18.2 Å². The van der Waals surface area contributed by atoms with Crippen LogP contribution in [0, 0.1) is 11.3 Å².